The number of fused-ring (bicyclic) bond motifs is 1. The van der Waals surface area contributed by atoms with Gasteiger partial charge in [0.05, 0.1) is 16.8 Å². The molecule has 1 heterocycles. The number of alkyl halides is 3. The highest BCUT2D eigenvalue weighted by molar-refractivity contribution is 5.97. The Morgan fingerprint density at radius 2 is 1.44 bits per heavy atom. The van der Waals surface area contributed by atoms with Crippen LogP contribution >= 0.6 is 0 Å². The SMILES string of the molecule is Cc1ccc2nc(-c3ccc(C(F)(F)F)cc3)cc(-c3ccccc3)c2c1. The van der Waals surface area contributed by atoms with Crippen molar-refractivity contribution in [3.63, 3.8) is 0 Å². The number of nitrogens with zero attached hydrogens (tertiary/aromatic N) is 1. The van der Waals surface area contributed by atoms with Crippen LogP contribution in [0.4, 0.5) is 13.2 Å². The highest BCUT2D eigenvalue weighted by Gasteiger charge is 2.30. The first-order chi connectivity index (χ1) is 12.9. The minimum atomic E-state index is -4.35. The molecule has 3 aromatic carbocycles. The van der Waals surface area contributed by atoms with Gasteiger partial charge in [0.1, 0.15) is 0 Å². The molecule has 0 fully saturated rings. The zero-order valence-corrected chi connectivity index (χ0v) is 14.6. The summed E-state index contributed by atoms with van der Waals surface area (Å²) < 4.78 is 38.5. The van der Waals surface area contributed by atoms with Gasteiger partial charge in [0.2, 0.25) is 0 Å². The summed E-state index contributed by atoms with van der Waals surface area (Å²) in [5.74, 6) is 0. The van der Waals surface area contributed by atoms with Gasteiger partial charge in [-0.05, 0) is 48.4 Å². The van der Waals surface area contributed by atoms with Crippen molar-refractivity contribution in [2.45, 2.75) is 13.1 Å². The molecule has 0 atom stereocenters. The Balaban J connectivity index is 1.91. The second-order valence-corrected chi connectivity index (χ2v) is 6.52. The van der Waals surface area contributed by atoms with E-state index >= 15 is 0 Å². The van der Waals surface area contributed by atoms with E-state index < -0.39 is 11.7 Å². The fraction of sp³-hybridized carbons (Fsp3) is 0.0870. The van der Waals surface area contributed by atoms with Gasteiger partial charge in [-0.2, -0.15) is 13.2 Å². The molecule has 0 bridgehead atoms. The van der Waals surface area contributed by atoms with Crippen LogP contribution < -0.4 is 0 Å². The summed E-state index contributed by atoms with van der Waals surface area (Å²) in [6, 6.07) is 23.0. The van der Waals surface area contributed by atoms with Gasteiger partial charge in [0, 0.05) is 10.9 Å². The summed E-state index contributed by atoms with van der Waals surface area (Å²) >= 11 is 0. The van der Waals surface area contributed by atoms with Crippen LogP contribution in [0.5, 0.6) is 0 Å². The molecule has 0 N–H and O–H groups in total. The third kappa shape index (κ3) is 3.43. The maximum Gasteiger partial charge on any atom is 0.416 e. The lowest BCUT2D eigenvalue weighted by molar-refractivity contribution is -0.137. The predicted octanol–water partition coefficient (Wildman–Crippen LogP) is 6.90. The topological polar surface area (TPSA) is 12.9 Å². The van der Waals surface area contributed by atoms with Crippen LogP contribution in [0.15, 0.2) is 78.9 Å². The van der Waals surface area contributed by atoms with Crippen molar-refractivity contribution in [3.8, 4) is 22.4 Å². The summed E-state index contributed by atoms with van der Waals surface area (Å²) in [5, 5.41) is 1.02. The van der Waals surface area contributed by atoms with E-state index in [0.717, 1.165) is 39.7 Å². The van der Waals surface area contributed by atoms with Crippen LogP contribution in [-0.4, -0.2) is 4.98 Å². The standard InChI is InChI=1S/C23H16F3N/c1-15-7-12-21-20(13-15)19(16-5-3-2-4-6-16)14-22(27-21)17-8-10-18(11-9-17)23(24,25)26/h2-14H,1H3. The van der Waals surface area contributed by atoms with Crippen molar-refractivity contribution in [2.75, 3.05) is 0 Å². The molecular weight excluding hydrogens is 347 g/mol. The van der Waals surface area contributed by atoms with E-state index in [2.05, 4.69) is 11.1 Å². The highest BCUT2D eigenvalue weighted by Crippen LogP contribution is 2.34. The average Bonchev–Trinajstić information content (AvgIpc) is 2.67. The van der Waals surface area contributed by atoms with Gasteiger partial charge >= 0.3 is 6.18 Å². The molecule has 134 valence electrons. The first kappa shape index (κ1) is 17.3. The van der Waals surface area contributed by atoms with Gasteiger partial charge in [0.15, 0.2) is 0 Å². The van der Waals surface area contributed by atoms with Gasteiger partial charge in [-0.15, -0.1) is 0 Å². The number of benzene rings is 3. The van der Waals surface area contributed by atoms with E-state index in [9.17, 15) is 13.2 Å². The molecular formula is C23H16F3N. The lowest BCUT2D eigenvalue weighted by Gasteiger charge is -2.12. The third-order valence-electron chi connectivity index (χ3n) is 4.56. The average molecular weight is 363 g/mol. The molecule has 0 saturated heterocycles. The molecule has 1 nitrogen and oxygen atoms in total. The molecule has 0 aliphatic carbocycles. The molecule has 0 unspecified atom stereocenters. The fourth-order valence-corrected chi connectivity index (χ4v) is 3.17. The maximum atomic E-state index is 12.8. The van der Waals surface area contributed by atoms with E-state index in [4.69, 9.17) is 0 Å². The molecule has 1 aromatic heterocycles. The quantitative estimate of drug-likeness (QED) is 0.378. The molecule has 0 aliphatic rings. The molecule has 0 radical (unpaired) electrons. The van der Waals surface area contributed by atoms with E-state index in [1.165, 1.54) is 12.1 Å². The molecule has 4 heteroatoms. The number of aryl methyl sites for hydroxylation is 1. The Morgan fingerprint density at radius 3 is 2.11 bits per heavy atom. The summed E-state index contributed by atoms with van der Waals surface area (Å²) in [4.78, 5) is 4.68. The molecule has 4 aromatic rings. The second kappa shape index (κ2) is 6.54. The van der Waals surface area contributed by atoms with Gasteiger partial charge in [0.25, 0.3) is 0 Å². The Bertz CT molecular complexity index is 1100. The van der Waals surface area contributed by atoms with Crippen LogP contribution in [0.1, 0.15) is 11.1 Å². The normalized spacial score (nSPS) is 11.7. The van der Waals surface area contributed by atoms with Crippen molar-refractivity contribution in [2.24, 2.45) is 0 Å². The fourth-order valence-electron chi connectivity index (χ4n) is 3.17. The minimum Gasteiger partial charge on any atom is -0.248 e. The van der Waals surface area contributed by atoms with Crippen LogP contribution in [0.2, 0.25) is 0 Å². The van der Waals surface area contributed by atoms with Gasteiger partial charge in [-0.1, -0.05) is 54.1 Å². The Hall–Kier alpha value is -3.14. The molecule has 4 rings (SSSR count). The zero-order valence-electron chi connectivity index (χ0n) is 14.6. The number of rotatable bonds is 2. The summed E-state index contributed by atoms with van der Waals surface area (Å²) in [7, 11) is 0. The highest BCUT2D eigenvalue weighted by atomic mass is 19.4. The molecule has 0 spiro atoms. The van der Waals surface area contributed by atoms with Crippen molar-refractivity contribution >= 4 is 10.9 Å². The van der Waals surface area contributed by atoms with Gasteiger partial charge in [-0.25, -0.2) is 4.98 Å². The monoisotopic (exact) mass is 363 g/mol. The van der Waals surface area contributed by atoms with Crippen molar-refractivity contribution in [3.05, 3.63) is 90.0 Å². The van der Waals surface area contributed by atoms with E-state index in [-0.39, 0.29) is 0 Å². The Labute approximate surface area is 155 Å². The predicted molar refractivity (Wildman–Crippen MR) is 102 cm³/mol. The maximum absolute atomic E-state index is 12.8. The Kier molecular flexibility index (Phi) is 4.19. The van der Waals surface area contributed by atoms with Gasteiger partial charge in [-0.3, -0.25) is 0 Å². The summed E-state index contributed by atoms with van der Waals surface area (Å²) in [6.07, 6.45) is -4.35. The van der Waals surface area contributed by atoms with Crippen LogP contribution in [0, 0.1) is 6.92 Å². The number of hydrogen-bond donors (Lipinski definition) is 0. The minimum absolute atomic E-state index is 0.652. The summed E-state index contributed by atoms with van der Waals surface area (Å²) in [5.41, 5.74) is 4.65. The van der Waals surface area contributed by atoms with Crippen LogP contribution in [-0.2, 0) is 6.18 Å². The first-order valence-corrected chi connectivity index (χ1v) is 8.56. The number of hydrogen-bond acceptors (Lipinski definition) is 1. The second-order valence-electron chi connectivity index (χ2n) is 6.52. The number of pyridine rings is 1. The van der Waals surface area contributed by atoms with Gasteiger partial charge < -0.3 is 0 Å². The van der Waals surface area contributed by atoms with E-state index in [0.29, 0.717) is 11.3 Å². The first-order valence-electron chi connectivity index (χ1n) is 8.56. The van der Waals surface area contributed by atoms with Crippen LogP contribution in [0.3, 0.4) is 0 Å². The Morgan fingerprint density at radius 1 is 0.741 bits per heavy atom. The van der Waals surface area contributed by atoms with Crippen molar-refractivity contribution in [1.82, 2.24) is 4.98 Å². The third-order valence-corrected chi connectivity index (χ3v) is 4.56. The lowest BCUT2D eigenvalue weighted by Crippen LogP contribution is -2.04. The molecule has 0 aliphatic heterocycles. The molecule has 0 saturated carbocycles. The lowest BCUT2D eigenvalue weighted by atomic mass is 9.97. The molecule has 27 heavy (non-hydrogen) atoms. The van der Waals surface area contributed by atoms with Crippen molar-refractivity contribution < 1.29 is 13.2 Å². The number of halogens is 3. The van der Waals surface area contributed by atoms with E-state index in [1.54, 1.807) is 0 Å². The van der Waals surface area contributed by atoms with Crippen LogP contribution in [0.25, 0.3) is 33.3 Å². The zero-order chi connectivity index (χ0) is 19.0. The smallest absolute Gasteiger partial charge is 0.248 e. The summed E-state index contributed by atoms with van der Waals surface area (Å²) in [6.45, 7) is 2.03. The number of aromatic nitrogens is 1. The molecule has 0 amide bonds. The largest absolute Gasteiger partial charge is 0.416 e. The van der Waals surface area contributed by atoms with E-state index in [1.807, 2.05) is 55.5 Å². The van der Waals surface area contributed by atoms with Crippen molar-refractivity contribution in [1.29, 1.82) is 0 Å².